The Kier molecular flexibility index (Phi) is 6.52. The molecule has 0 saturated carbocycles. The predicted molar refractivity (Wildman–Crippen MR) is 68.8 cm³/mol. The Morgan fingerprint density at radius 2 is 1.82 bits per heavy atom. The van der Waals surface area contributed by atoms with E-state index in [4.69, 9.17) is 5.11 Å². The van der Waals surface area contributed by atoms with Crippen LogP contribution in [0.5, 0.6) is 0 Å². The maximum absolute atomic E-state index is 11.8. The Labute approximate surface area is 105 Å². The van der Waals surface area contributed by atoms with Crippen molar-refractivity contribution in [3.8, 4) is 0 Å². The molecule has 1 amide bonds. The fourth-order valence-electron chi connectivity index (χ4n) is 2.24. The lowest BCUT2D eigenvalue weighted by Gasteiger charge is -2.35. The molecule has 4 heteroatoms. The molecule has 0 spiro atoms. The second-order valence-corrected chi connectivity index (χ2v) is 5.26. The molecule has 0 bridgehead atoms. The second-order valence-electron chi connectivity index (χ2n) is 5.26. The number of aliphatic hydroxyl groups excluding tert-OH is 1. The molecule has 1 aliphatic rings. The van der Waals surface area contributed by atoms with Gasteiger partial charge in [-0.15, -0.1) is 0 Å². The number of unbranched alkanes of at least 4 members (excludes halogenated alkanes) is 1. The van der Waals surface area contributed by atoms with Crippen LogP contribution >= 0.6 is 0 Å². The fourth-order valence-corrected chi connectivity index (χ4v) is 2.24. The number of hydrogen-bond donors (Lipinski definition) is 1. The summed E-state index contributed by atoms with van der Waals surface area (Å²) in [5.41, 5.74) is 0. The van der Waals surface area contributed by atoms with Crippen LogP contribution in [0.3, 0.4) is 0 Å². The fraction of sp³-hybridized carbons (Fsp3) is 0.923. The molecule has 100 valence electrons. The van der Waals surface area contributed by atoms with E-state index in [1.165, 1.54) is 0 Å². The highest BCUT2D eigenvalue weighted by atomic mass is 16.3. The molecule has 1 aliphatic heterocycles. The third-order valence-corrected chi connectivity index (χ3v) is 3.15. The van der Waals surface area contributed by atoms with Crippen LogP contribution in [0.1, 0.15) is 33.1 Å². The SMILES string of the molecule is CC(C)CN1CCN(C(=O)CCCCO)CC1. The summed E-state index contributed by atoms with van der Waals surface area (Å²) in [4.78, 5) is 16.2. The first-order valence-corrected chi connectivity index (χ1v) is 6.74. The molecule has 0 aromatic heterocycles. The van der Waals surface area contributed by atoms with Crippen LogP contribution in [-0.4, -0.2) is 60.1 Å². The Balaban J connectivity index is 2.19. The van der Waals surface area contributed by atoms with E-state index < -0.39 is 0 Å². The van der Waals surface area contributed by atoms with Crippen LogP contribution in [-0.2, 0) is 4.79 Å². The number of carbonyl (C=O) groups excluding carboxylic acids is 1. The molecule has 0 aromatic rings. The third-order valence-electron chi connectivity index (χ3n) is 3.15. The van der Waals surface area contributed by atoms with Gasteiger partial charge in [0, 0.05) is 45.8 Å². The van der Waals surface area contributed by atoms with Crippen LogP contribution in [0.2, 0.25) is 0 Å². The monoisotopic (exact) mass is 242 g/mol. The van der Waals surface area contributed by atoms with Crippen molar-refractivity contribution in [1.82, 2.24) is 9.80 Å². The van der Waals surface area contributed by atoms with Crippen molar-refractivity contribution in [3.05, 3.63) is 0 Å². The van der Waals surface area contributed by atoms with Crippen molar-refractivity contribution in [2.45, 2.75) is 33.1 Å². The highest BCUT2D eigenvalue weighted by molar-refractivity contribution is 5.76. The number of aliphatic hydroxyl groups is 1. The predicted octanol–water partition coefficient (Wildman–Crippen LogP) is 0.949. The zero-order valence-corrected chi connectivity index (χ0v) is 11.2. The second kappa shape index (κ2) is 7.67. The first-order valence-electron chi connectivity index (χ1n) is 6.74. The molecular weight excluding hydrogens is 216 g/mol. The van der Waals surface area contributed by atoms with Crippen molar-refractivity contribution in [2.75, 3.05) is 39.3 Å². The number of nitrogens with zero attached hydrogens (tertiary/aromatic N) is 2. The van der Waals surface area contributed by atoms with Gasteiger partial charge in [-0.25, -0.2) is 0 Å². The summed E-state index contributed by atoms with van der Waals surface area (Å²) in [6.45, 7) is 9.52. The van der Waals surface area contributed by atoms with Crippen LogP contribution in [0.15, 0.2) is 0 Å². The highest BCUT2D eigenvalue weighted by Crippen LogP contribution is 2.08. The molecule has 0 aromatic carbocycles. The Morgan fingerprint density at radius 3 is 2.35 bits per heavy atom. The van der Waals surface area contributed by atoms with Gasteiger partial charge >= 0.3 is 0 Å². The highest BCUT2D eigenvalue weighted by Gasteiger charge is 2.20. The molecule has 17 heavy (non-hydrogen) atoms. The van der Waals surface area contributed by atoms with Gasteiger partial charge in [-0.3, -0.25) is 9.69 Å². The van der Waals surface area contributed by atoms with E-state index in [-0.39, 0.29) is 12.5 Å². The van der Waals surface area contributed by atoms with Gasteiger partial charge < -0.3 is 10.0 Å². The van der Waals surface area contributed by atoms with Gasteiger partial charge in [0.05, 0.1) is 0 Å². The van der Waals surface area contributed by atoms with Crippen molar-refractivity contribution >= 4 is 5.91 Å². The van der Waals surface area contributed by atoms with Gasteiger partial charge in [-0.05, 0) is 18.8 Å². The smallest absolute Gasteiger partial charge is 0.222 e. The Morgan fingerprint density at radius 1 is 1.18 bits per heavy atom. The van der Waals surface area contributed by atoms with E-state index in [1.54, 1.807) is 0 Å². The van der Waals surface area contributed by atoms with E-state index in [0.717, 1.165) is 45.6 Å². The first-order chi connectivity index (χ1) is 8.13. The van der Waals surface area contributed by atoms with E-state index >= 15 is 0 Å². The maximum Gasteiger partial charge on any atom is 0.222 e. The molecule has 1 heterocycles. The van der Waals surface area contributed by atoms with Crippen LogP contribution in [0, 0.1) is 5.92 Å². The largest absolute Gasteiger partial charge is 0.396 e. The molecule has 4 nitrogen and oxygen atoms in total. The maximum atomic E-state index is 11.8. The summed E-state index contributed by atoms with van der Waals surface area (Å²) in [6, 6.07) is 0. The summed E-state index contributed by atoms with van der Waals surface area (Å²) < 4.78 is 0. The zero-order chi connectivity index (χ0) is 12.7. The van der Waals surface area contributed by atoms with Gasteiger partial charge in [0.1, 0.15) is 0 Å². The number of rotatable bonds is 6. The number of amides is 1. The summed E-state index contributed by atoms with van der Waals surface area (Å²) >= 11 is 0. The lowest BCUT2D eigenvalue weighted by molar-refractivity contribution is -0.133. The minimum absolute atomic E-state index is 0.190. The molecule has 1 N–H and O–H groups in total. The molecule has 0 aliphatic carbocycles. The van der Waals surface area contributed by atoms with Crippen molar-refractivity contribution in [2.24, 2.45) is 5.92 Å². The van der Waals surface area contributed by atoms with E-state index in [9.17, 15) is 4.79 Å². The summed E-state index contributed by atoms with van der Waals surface area (Å²) in [7, 11) is 0. The van der Waals surface area contributed by atoms with Gasteiger partial charge in [-0.1, -0.05) is 13.8 Å². The van der Waals surface area contributed by atoms with E-state index in [1.807, 2.05) is 4.90 Å². The summed E-state index contributed by atoms with van der Waals surface area (Å²) in [5, 5.41) is 8.68. The van der Waals surface area contributed by atoms with Gasteiger partial charge in [0.15, 0.2) is 0 Å². The van der Waals surface area contributed by atoms with Crippen LogP contribution in [0.25, 0.3) is 0 Å². The molecule has 1 fully saturated rings. The lowest BCUT2D eigenvalue weighted by atomic mass is 10.1. The van der Waals surface area contributed by atoms with E-state index in [2.05, 4.69) is 18.7 Å². The van der Waals surface area contributed by atoms with Crippen LogP contribution < -0.4 is 0 Å². The first kappa shape index (κ1) is 14.5. The Bertz CT molecular complexity index is 223. The van der Waals surface area contributed by atoms with Crippen molar-refractivity contribution in [3.63, 3.8) is 0 Å². The minimum Gasteiger partial charge on any atom is -0.396 e. The average Bonchev–Trinajstić information content (AvgIpc) is 2.29. The Hall–Kier alpha value is -0.610. The average molecular weight is 242 g/mol. The topological polar surface area (TPSA) is 43.8 Å². The van der Waals surface area contributed by atoms with E-state index in [0.29, 0.717) is 12.3 Å². The molecule has 0 radical (unpaired) electrons. The van der Waals surface area contributed by atoms with Crippen molar-refractivity contribution in [1.29, 1.82) is 0 Å². The summed E-state index contributed by atoms with van der Waals surface area (Å²) in [6.07, 6.45) is 2.13. The standard InChI is InChI=1S/C13H26N2O2/c1-12(2)11-14-6-8-15(9-7-14)13(17)5-3-4-10-16/h12,16H,3-11H2,1-2H3. The molecule has 0 atom stereocenters. The third kappa shape index (κ3) is 5.50. The molecule has 1 rings (SSSR count). The zero-order valence-electron chi connectivity index (χ0n) is 11.2. The summed E-state index contributed by atoms with van der Waals surface area (Å²) in [5.74, 6) is 0.949. The number of carbonyl (C=O) groups is 1. The van der Waals surface area contributed by atoms with Crippen molar-refractivity contribution < 1.29 is 9.90 Å². The normalized spacial score (nSPS) is 17.8. The van der Waals surface area contributed by atoms with Gasteiger partial charge in [0.2, 0.25) is 5.91 Å². The quantitative estimate of drug-likeness (QED) is 0.705. The molecular formula is C13H26N2O2. The minimum atomic E-state index is 0.190. The lowest BCUT2D eigenvalue weighted by Crippen LogP contribution is -2.49. The molecule has 0 unspecified atom stereocenters. The number of piperazine rings is 1. The van der Waals surface area contributed by atoms with Crippen LogP contribution in [0.4, 0.5) is 0 Å². The van der Waals surface area contributed by atoms with Gasteiger partial charge in [0.25, 0.3) is 0 Å². The molecule has 1 saturated heterocycles. The van der Waals surface area contributed by atoms with Gasteiger partial charge in [-0.2, -0.15) is 0 Å². The number of hydrogen-bond acceptors (Lipinski definition) is 3.